The molecular formula is C80H155NO8. The van der Waals surface area contributed by atoms with Crippen LogP contribution in [0.1, 0.15) is 425 Å². The fourth-order valence-corrected chi connectivity index (χ4v) is 13.3. The highest BCUT2D eigenvalue weighted by Crippen LogP contribution is 2.24. The molecule has 528 valence electrons. The number of carbonyl (C=O) groups excluding carboxylic acids is 1. The van der Waals surface area contributed by atoms with E-state index in [0.29, 0.717) is 6.42 Å². The minimum atomic E-state index is -1.57. The Morgan fingerprint density at radius 3 is 0.910 bits per heavy atom. The number of hydrogen-bond donors (Lipinski definition) is 6. The van der Waals surface area contributed by atoms with Crippen LogP contribution in [-0.2, 0) is 14.3 Å². The molecular weight excluding hydrogens is 1100 g/mol. The van der Waals surface area contributed by atoms with Gasteiger partial charge in [0.2, 0.25) is 5.91 Å². The average Bonchev–Trinajstić information content (AvgIpc) is 2.28. The largest absolute Gasteiger partial charge is 0.394 e. The van der Waals surface area contributed by atoms with E-state index in [4.69, 9.17) is 9.47 Å². The third-order valence-electron chi connectivity index (χ3n) is 19.5. The van der Waals surface area contributed by atoms with Gasteiger partial charge >= 0.3 is 0 Å². The van der Waals surface area contributed by atoms with Gasteiger partial charge in [0, 0.05) is 6.42 Å². The lowest BCUT2D eigenvalue weighted by Crippen LogP contribution is -2.60. The highest BCUT2D eigenvalue weighted by atomic mass is 16.7. The Balaban J connectivity index is 2.06. The minimum Gasteiger partial charge on any atom is -0.394 e. The Kier molecular flexibility index (Phi) is 66.9. The van der Waals surface area contributed by atoms with Gasteiger partial charge in [0.1, 0.15) is 24.4 Å². The molecule has 89 heavy (non-hydrogen) atoms. The number of ether oxygens (including phenoxy) is 2. The lowest BCUT2D eigenvalue weighted by molar-refractivity contribution is -0.302. The molecule has 1 aliphatic heterocycles. The van der Waals surface area contributed by atoms with Crippen molar-refractivity contribution in [2.24, 2.45) is 0 Å². The van der Waals surface area contributed by atoms with E-state index in [2.05, 4.69) is 31.3 Å². The number of nitrogens with one attached hydrogen (secondary N) is 1. The zero-order chi connectivity index (χ0) is 64.2. The van der Waals surface area contributed by atoms with Crippen molar-refractivity contribution in [3.05, 3.63) is 24.3 Å². The van der Waals surface area contributed by atoms with Gasteiger partial charge in [-0.2, -0.15) is 0 Å². The van der Waals surface area contributed by atoms with Crippen molar-refractivity contribution in [1.82, 2.24) is 5.32 Å². The Bertz CT molecular complexity index is 1460. The molecule has 1 aliphatic rings. The van der Waals surface area contributed by atoms with Crippen LogP contribution >= 0.6 is 0 Å². The molecule has 6 N–H and O–H groups in total. The topological polar surface area (TPSA) is 149 Å². The van der Waals surface area contributed by atoms with Crippen LogP contribution in [0.4, 0.5) is 0 Å². The molecule has 7 atom stereocenters. The van der Waals surface area contributed by atoms with Crippen LogP contribution in [-0.4, -0.2) is 87.5 Å². The van der Waals surface area contributed by atoms with Gasteiger partial charge in [-0.1, -0.05) is 398 Å². The van der Waals surface area contributed by atoms with E-state index in [1.165, 1.54) is 366 Å². The molecule has 0 saturated carbocycles. The molecule has 1 rings (SSSR count). The van der Waals surface area contributed by atoms with Gasteiger partial charge in [0.25, 0.3) is 0 Å². The Labute approximate surface area is 553 Å². The number of aliphatic hydroxyl groups is 5. The predicted octanol–water partition coefficient (Wildman–Crippen LogP) is 22.8. The Hall–Kier alpha value is -1.33. The average molecular weight is 1260 g/mol. The maximum Gasteiger partial charge on any atom is 0.220 e. The van der Waals surface area contributed by atoms with Gasteiger partial charge in [-0.25, -0.2) is 0 Å². The minimum absolute atomic E-state index is 0.167. The molecule has 9 nitrogen and oxygen atoms in total. The molecule has 1 fully saturated rings. The standard InChI is InChI=1S/C80H155NO8/c1-3-5-7-9-11-13-15-17-19-21-23-25-27-29-31-33-35-37-39-41-43-45-47-49-51-53-55-57-59-61-63-65-67-69-74(83)73(72-88-80-79(87)78(86)77(85)75(71-82)89-80)81-76(84)70-68-66-64-62-60-58-56-54-52-50-48-46-44-42-40-38-36-34-32-30-28-26-24-22-20-18-16-14-12-10-8-6-4-2/h22,24,67,69,73-75,77-80,82-83,85-87H,3-21,23,25-66,68,70-72H2,1-2H3,(H,81,84)/b24-22-,69-67+. The molecule has 0 radical (unpaired) electrons. The zero-order valence-corrected chi connectivity index (χ0v) is 59.5. The molecule has 1 saturated heterocycles. The van der Waals surface area contributed by atoms with Gasteiger partial charge in [0.15, 0.2) is 6.29 Å². The van der Waals surface area contributed by atoms with Crippen molar-refractivity contribution in [3.63, 3.8) is 0 Å². The third kappa shape index (κ3) is 57.8. The van der Waals surface area contributed by atoms with Crippen LogP contribution < -0.4 is 5.32 Å². The van der Waals surface area contributed by atoms with Crippen molar-refractivity contribution in [2.75, 3.05) is 13.2 Å². The number of aliphatic hydroxyl groups excluding tert-OH is 5. The SMILES string of the molecule is CCCCCCCCCC/C=C\CCCCCCCCCCCCCCCCCCCCCCCC(=O)NC(COC1OC(CO)C(O)C(O)C1O)C(O)/C=C/CCCCCCCCCCCCCCCCCCCCCCCCCCCCCCCCC. The number of allylic oxidation sites excluding steroid dienone is 3. The molecule has 0 bridgehead atoms. The van der Waals surface area contributed by atoms with Gasteiger partial charge in [0.05, 0.1) is 25.4 Å². The van der Waals surface area contributed by atoms with Crippen LogP contribution in [0, 0.1) is 0 Å². The fraction of sp³-hybridized carbons (Fsp3) is 0.938. The lowest BCUT2D eigenvalue weighted by atomic mass is 9.99. The molecule has 0 aromatic heterocycles. The maximum absolute atomic E-state index is 13.2. The fourth-order valence-electron chi connectivity index (χ4n) is 13.3. The molecule has 7 unspecified atom stereocenters. The van der Waals surface area contributed by atoms with E-state index in [0.717, 1.165) is 38.5 Å². The number of hydrogen-bond acceptors (Lipinski definition) is 8. The van der Waals surface area contributed by atoms with Crippen LogP contribution in [0.15, 0.2) is 24.3 Å². The molecule has 1 heterocycles. The number of amides is 1. The quantitative estimate of drug-likeness (QED) is 0.0261. The summed E-state index contributed by atoms with van der Waals surface area (Å²) in [5.74, 6) is -0.167. The second-order valence-corrected chi connectivity index (χ2v) is 28.2. The molecule has 1 amide bonds. The second-order valence-electron chi connectivity index (χ2n) is 28.2. The van der Waals surface area contributed by atoms with E-state index in [1.807, 2.05) is 6.08 Å². The van der Waals surface area contributed by atoms with Crippen molar-refractivity contribution in [1.29, 1.82) is 0 Å². The number of rotatable bonds is 72. The first-order valence-corrected chi connectivity index (χ1v) is 40.1. The Morgan fingerprint density at radius 2 is 0.629 bits per heavy atom. The zero-order valence-electron chi connectivity index (χ0n) is 59.5. The summed E-state index contributed by atoms with van der Waals surface area (Å²) in [6, 6.07) is -0.804. The van der Waals surface area contributed by atoms with Gasteiger partial charge in [-0.3, -0.25) is 4.79 Å². The highest BCUT2D eigenvalue weighted by Gasteiger charge is 2.44. The smallest absolute Gasteiger partial charge is 0.220 e. The summed E-state index contributed by atoms with van der Waals surface area (Å²) >= 11 is 0. The van der Waals surface area contributed by atoms with E-state index in [-0.39, 0.29) is 12.5 Å². The van der Waals surface area contributed by atoms with Crippen molar-refractivity contribution < 1.29 is 39.8 Å². The molecule has 0 spiro atoms. The van der Waals surface area contributed by atoms with Crippen LogP contribution in [0.3, 0.4) is 0 Å². The summed E-state index contributed by atoms with van der Waals surface area (Å²) in [7, 11) is 0. The van der Waals surface area contributed by atoms with Crippen LogP contribution in [0.2, 0.25) is 0 Å². The van der Waals surface area contributed by atoms with Gasteiger partial charge < -0.3 is 40.3 Å². The first kappa shape index (κ1) is 85.7. The number of carbonyl (C=O) groups is 1. The number of unbranched alkanes of at least 4 members (excludes halogenated alkanes) is 60. The van der Waals surface area contributed by atoms with Crippen molar-refractivity contribution >= 4 is 5.91 Å². The molecule has 9 heteroatoms. The van der Waals surface area contributed by atoms with Gasteiger partial charge in [-0.05, 0) is 44.9 Å². The van der Waals surface area contributed by atoms with Crippen molar-refractivity contribution in [2.45, 2.75) is 468 Å². The van der Waals surface area contributed by atoms with Crippen LogP contribution in [0.5, 0.6) is 0 Å². The van der Waals surface area contributed by atoms with Crippen LogP contribution in [0.25, 0.3) is 0 Å². The summed E-state index contributed by atoms with van der Waals surface area (Å²) < 4.78 is 11.4. The Morgan fingerprint density at radius 1 is 0.371 bits per heavy atom. The van der Waals surface area contributed by atoms with Gasteiger partial charge in [-0.15, -0.1) is 0 Å². The third-order valence-corrected chi connectivity index (χ3v) is 19.5. The first-order valence-electron chi connectivity index (χ1n) is 40.1. The summed E-state index contributed by atoms with van der Waals surface area (Å²) in [6.45, 7) is 3.85. The highest BCUT2D eigenvalue weighted by molar-refractivity contribution is 5.76. The van der Waals surface area contributed by atoms with E-state index < -0.39 is 49.5 Å². The lowest BCUT2D eigenvalue weighted by Gasteiger charge is -2.40. The molecule has 0 aromatic rings. The summed E-state index contributed by atoms with van der Waals surface area (Å²) in [6.07, 6.45) is 86.2. The van der Waals surface area contributed by atoms with E-state index >= 15 is 0 Å². The van der Waals surface area contributed by atoms with Crippen molar-refractivity contribution in [3.8, 4) is 0 Å². The summed E-state index contributed by atoms with van der Waals surface area (Å²) in [5, 5.41) is 54.9. The predicted molar refractivity (Wildman–Crippen MR) is 383 cm³/mol. The molecule has 0 aromatic carbocycles. The first-order chi connectivity index (χ1) is 43.8. The molecule has 0 aliphatic carbocycles. The second kappa shape index (κ2) is 69.5. The monoisotopic (exact) mass is 1260 g/mol. The maximum atomic E-state index is 13.2. The summed E-state index contributed by atoms with van der Waals surface area (Å²) in [4.78, 5) is 13.2. The van der Waals surface area contributed by atoms with E-state index in [1.54, 1.807) is 6.08 Å². The summed E-state index contributed by atoms with van der Waals surface area (Å²) in [5.41, 5.74) is 0. The normalized spacial score (nSPS) is 17.9. The van der Waals surface area contributed by atoms with E-state index in [9.17, 15) is 30.3 Å².